The van der Waals surface area contributed by atoms with Crippen LogP contribution in [-0.2, 0) is 5.41 Å². The molecule has 0 aliphatic heterocycles. The Morgan fingerprint density at radius 2 is 0.680 bits per heavy atom. The van der Waals surface area contributed by atoms with Crippen LogP contribution in [0, 0.1) is 0 Å². The van der Waals surface area contributed by atoms with E-state index in [2.05, 4.69) is 266 Å². The number of hydrogen-bond donors (Lipinski definition) is 0. The number of fused-ring (bicyclic) bond motifs is 13. The molecular weight excluding hydrogens is 913 g/mol. The maximum atomic E-state index is 6.74. The molecule has 0 saturated heterocycles. The molecular formula is C71H48N2O2. The molecule has 0 N–H and O–H groups in total. The van der Waals surface area contributed by atoms with Crippen LogP contribution in [0.4, 0.5) is 34.1 Å². The highest BCUT2D eigenvalue weighted by Gasteiger charge is 2.38. The highest BCUT2D eigenvalue weighted by Crippen LogP contribution is 2.55. The Morgan fingerprint density at radius 1 is 0.293 bits per heavy atom. The van der Waals surface area contributed by atoms with Gasteiger partial charge in [0.2, 0.25) is 0 Å². The first-order valence-corrected chi connectivity index (χ1v) is 25.8. The summed E-state index contributed by atoms with van der Waals surface area (Å²) < 4.78 is 13.5. The Hall–Kier alpha value is -9.64. The Labute approximate surface area is 434 Å². The van der Waals surface area contributed by atoms with E-state index in [4.69, 9.17) is 8.83 Å². The third-order valence-electron chi connectivity index (χ3n) is 15.7. The van der Waals surface area contributed by atoms with Crippen LogP contribution in [-0.4, -0.2) is 0 Å². The highest BCUT2D eigenvalue weighted by atomic mass is 16.3. The molecule has 0 spiro atoms. The molecule has 4 heteroatoms. The number of rotatable bonds is 8. The molecule has 0 unspecified atom stereocenters. The average Bonchev–Trinajstić information content (AvgIpc) is 4.16. The summed E-state index contributed by atoms with van der Waals surface area (Å²) in [4.78, 5) is 4.73. The molecule has 75 heavy (non-hydrogen) atoms. The van der Waals surface area contributed by atoms with Crippen LogP contribution < -0.4 is 9.80 Å². The lowest BCUT2D eigenvalue weighted by atomic mass is 9.78. The summed E-state index contributed by atoms with van der Waals surface area (Å²) in [5.74, 6) is 0. The van der Waals surface area contributed by atoms with Crippen LogP contribution in [0.25, 0.3) is 98.8 Å². The second-order valence-corrected chi connectivity index (χ2v) is 20.4. The predicted octanol–water partition coefficient (Wildman–Crippen LogP) is 20.4. The fourth-order valence-electron chi connectivity index (χ4n) is 12.4. The molecule has 14 aromatic rings. The molecule has 0 saturated carbocycles. The van der Waals surface area contributed by atoms with E-state index in [1.165, 1.54) is 54.9 Å². The second kappa shape index (κ2) is 16.7. The number of hydrogen-bond acceptors (Lipinski definition) is 4. The smallest absolute Gasteiger partial charge is 0.159 e. The summed E-state index contributed by atoms with van der Waals surface area (Å²) in [7, 11) is 0. The van der Waals surface area contributed by atoms with Gasteiger partial charge in [0, 0.05) is 49.7 Å². The lowest BCUT2D eigenvalue weighted by Crippen LogP contribution is -2.16. The third-order valence-corrected chi connectivity index (χ3v) is 15.7. The van der Waals surface area contributed by atoms with Gasteiger partial charge in [-0.3, -0.25) is 0 Å². The SMILES string of the molecule is CC1(C)c2c(ccc3cc(N(c4cccc(-c5ccccc5)c4)c4cccc5c4oc4ccccc45)ccc23)-c2ccc3cc(N(c4cccc(-c5ccccc5)c4)c4cccc5c4oc4ccccc45)ccc3c21. The van der Waals surface area contributed by atoms with Crippen LogP contribution in [0.2, 0.25) is 0 Å². The van der Waals surface area contributed by atoms with Crippen molar-refractivity contribution < 1.29 is 8.83 Å². The summed E-state index contributed by atoms with van der Waals surface area (Å²) in [5, 5.41) is 9.30. The van der Waals surface area contributed by atoms with E-state index in [-0.39, 0.29) is 5.41 Å². The number of anilines is 6. The zero-order chi connectivity index (χ0) is 49.8. The van der Waals surface area contributed by atoms with Crippen molar-refractivity contribution in [1.29, 1.82) is 0 Å². The van der Waals surface area contributed by atoms with E-state index in [9.17, 15) is 0 Å². The number of furan rings is 2. The fraction of sp³-hybridized carbons (Fsp3) is 0.0423. The summed E-state index contributed by atoms with van der Waals surface area (Å²) in [6.45, 7) is 4.82. The van der Waals surface area contributed by atoms with Crippen LogP contribution in [0.1, 0.15) is 25.0 Å². The monoisotopic (exact) mass is 960 g/mol. The second-order valence-electron chi connectivity index (χ2n) is 20.4. The van der Waals surface area contributed by atoms with Crippen LogP contribution in [0.3, 0.4) is 0 Å². The van der Waals surface area contributed by atoms with Crippen molar-refractivity contribution in [2.75, 3.05) is 9.80 Å². The minimum Gasteiger partial charge on any atom is -0.454 e. The molecule has 0 fully saturated rings. The van der Waals surface area contributed by atoms with Gasteiger partial charge in [0.05, 0.1) is 11.4 Å². The topological polar surface area (TPSA) is 32.8 Å². The van der Waals surface area contributed by atoms with Crippen LogP contribution in [0.15, 0.2) is 264 Å². The molecule has 2 aromatic heterocycles. The summed E-state index contributed by atoms with van der Waals surface area (Å²) >= 11 is 0. The lowest BCUT2D eigenvalue weighted by Gasteiger charge is -2.28. The van der Waals surface area contributed by atoms with Gasteiger partial charge in [0.15, 0.2) is 11.2 Å². The number of para-hydroxylation sites is 4. The van der Waals surface area contributed by atoms with Gasteiger partial charge >= 0.3 is 0 Å². The molecule has 0 radical (unpaired) electrons. The molecule has 0 atom stereocenters. The quantitative estimate of drug-likeness (QED) is 0.152. The minimum atomic E-state index is -0.306. The van der Waals surface area contributed by atoms with E-state index >= 15 is 0 Å². The maximum absolute atomic E-state index is 6.74. The molecule has 1 aliphatic rings. The largest absolute Gasteiger partial charge is 0.454 e. The van der Waals surface area contributed by atoms with Gasteiger partial charge in [-0.2, -0.15) is 0 Å². The van der Waals surface area contributed by atoms with E-state index in [0.29, 0.717) is 0 Å². The molecule has 4 nitrogen and oxygen atoms in total. The van der Waals surface area contributed by atoms with Gasteiger partial charge in [-0.25, -0.2) is 0 Å². The summed E-state index contributed by atoms with van der Waals surface area (Å²) in [6, 6.07) is 91.9. The number of benzene rings is 12. The van der Waals surface area contributed by atoms with Crippen molar-refractivity contribution in [3.05, 3.63) is 266 Å². The van der Waals surface area contributed by atoms with E-state index in [0.717, 1.165) is 89.1 Å². The van der Waals surface area contributed by atoms with Crippen molar-refractivity contribution in [3.8, 4) is 33.4 Å². The van der Waals surface area contributed by atoms with Crippen molar-refractivity contribution in [2.45, 2.75) is 19.3 Å². The van der Waals surface area contributed by atoms with Gasteiger partial charge in [0.1, 0.15) is 11.2 Å². The van der Waals surface area contributed by atoms with Crippen molar-refractivity contribution in [3.63, 3.8) is 0 Å². The third kappa shape index (κ3) is 6.76. The van der Waals surface area contributed by atoms with Crippen LogP contribution >= 0.6 is 0 Å². The van der Waals surface area contributed by atoms with E-state index in [1.54, 1.807) is 0 Å². The first-order valence-electron chi connectivity index (χ1n) is 25.8. The predicted molar refractivity (Wildman–Crippen MR) is 314 cm³/mol. The minimum absolute atomic E-state index is 0.306. The zero-order valence-corrected chi connectivity index (χ0v) is 41.5. The summed E-state index contributed by atoms with van der Waals surface area (Å²) in [6.07, 6.45) is 0. The first-order chi connectivity index (χ1) is 36.9. The maximum Gasteiger partial charge on any atom is 0.159 e. The normalized spacial score (nSPS) is 12.8. The Morgan fingerprint density at radius 3 is 1.15 bits per heavy atom. The van der Waals surface area contributed by atoms with Gasteiger partial charge in [-0.05, 0) is 139 Å². The molecule has 0 amide bonds. The molecule has 0 bridgehead atoms. The van der Waals surface area contributed by atoms with Crippen molar-refractivity contribution >= 4 is 99.5 Å². The van der Waals surface area contributed by atoms with Gasteiger partial charge < -0.3 is 18.6 Å². The molecule has 354 valence electrons. The van der Waals surface area contributed by atoms with Gasteiger partial charge in [-0.1, -0.05) is 196 Å². The highest BCUT2D eigenvalue weighted by molar-refractivity contribution is 6.13. The molecule has 12 aromatic carbocycles. The molecule has 1 aliphatic carbocycles. The lowest BCUT2D eigenvalue weighted by molar-refractivity contribution is 0.668. The molecule has 2 heterocycles. The number of nitrogens with zero attached hydrogens (tertiary/aromatic N) is 2. The summed E-state index contributed by atoms with van der Waals surface area (Å²) in [5.41, 5.74) is 19.3. The Kier molecular flexibility index (Phi) is 9.58. The van der Waals surface area contributed by atoms with Crippen LogP contribution in [0.5, 0.6) is 0 Å². The fourth-order valence-corrected chi connectivity index (χ4v) is 12.4. The van der Waals surface area contributed by atoms with Gasteiger partial charge in [0.25, 0.3) is 0 Å². The molecule has 15 rings (SSSR count). The van der Waals surface area contributed by atoms with E-state index < -0.39 is 0 Å². The Bertz CT molecular complexity index is 4290. The van der Waals surface area contributed by atoms with Crippen molar-refractivity contribution in [1.82, 2.24) is 0 Å². The van der Waals surface area contributed by atoms with Gasteiger partial charge in [-0.15, -0.1) is 0 Å². The average molecular weight is 961 g/mol. The van der Waals surface area contributed by atoms with E-state index in [1.807, 2.05) is 12.1 Å². The zero-order valence-electron chi connectivity index (χ0n) is 41.5. The Balaban J connectivity index is 0.862. The van der Waals surface area contributed by atoms with Crippen molar-refractivity contribution in [2.24, 2.45) is 0 Å². The first kappa shape index (κ1) is 43.0. The standard InChI is InChI=1S/C71H48N2O2/c1-71(2)67-55-39-35-53(72(51-23-13-21-47(41-51)45-17-5-3-6-18-45)63-29-15-27-61-57-25-9-11-31-65(57)74-69(61)63)43-49(55)33-37-59(67)60-38-34-50-44-54(36-40-56(50)68(60)71)73(52-24-14-22-48(42-52)46-19-7-4-8-20-46)64-30-16-28-62-58-26-10-12-32-66(58)75-70(62)64/h3-44H,1-2H3.